The highest BCUT2D eigenvalue weighted by Gasteiger charge is 2.17. The topological polar surface area (TPSA) is 70.7 Å². The van der Waals surface area contributed by atoms with Gasteiger partial charge in [0, 0.05) is 31.7 Å². The average Bonchev–Trinajstić information content (AvgIpc) is 2.58. The van der Waals surface area contributed by atoms with Crippen molar-refractivity contribution in [3.8, 4) is 0 Å². The molecule has 1 aromatic rings. The zero-order valence-corrected chi connectivity index (χ0v) is 15.4. The summed E-state index contributed by atoms with van der Waals surface area (Å²) in [6.07, 6.45) is 0.403. The molecule has 0 aromatic heterocycles. The lowest BCUT2D eigenvalue weighted by Crippen LogP contribution is -2.39. The van der Waals surface area contributed by atoms with E-state index in [9.17, 15) is 9.59 Å². The van der Waals surface area contributed by atoms with E-state index in [2.05, 4.69) is 21.6 Å². The van der Waals surface area contributed by atoms with E-state index in [-0.39, 0.29) is 23.8 Å². The van der Waals surface area contributed by atoms with E-state index in [1.54, 1.807) is 0 Å². The molecule has 6 nitrogen and oxygen atoms in total. The van der Waals surface area contributed by atoms with E-state index in [4.69, 9.17) is 4.74 Å². The maximum absolute atomic E-state index is 12.0. The second-order valence-electron chi connectivity index (χ2n) is 7.52. The molecule has 2 rings (SSSR count). The standard InChI is InChI=1S/C19H29N3O3/c1-19(2,3)12-17(23)21-14-18(24)20-13-15-6-4-5-7-16(15)22-8-10-25-11-9-22/h4-7H,8-14H2,1-3H3,(H,20,24)(H,21,23). The smallest absolute Gasteiger partial charge is 0.239 e. The van der Waals surface area contributed by atoms with Crippen molar-refractivity contribution < 1.29 is 14.3 Å². The molecule has 0 atom stereocenters. The zero-order chi connectivity index (χ0) is 18.3. The summed E-state index contributed by atoms with van der Waals surface area (Å²) in [4.78, 5) is 26.1. The molecule has 0 saturated carbocycles. The highest BCUT2D eigenvalue weighted by Crippen LogP contribution is 2.21. The molecule has 1 saturated heterocycles. The molecule has 1 aliphatic rings. The molecule has 1 aliphatic heterocycles. The number of nitrogens with zero attached hydrogens (tertiary/aromatic N) is 1. The molecule has 1 fully saturated rings. The average molecular weight is 347 g/mol. The number of amides is 2. The molecule has 0 radical (unpaired) electrons. The predicted octanol–water partition coefficient (Wildman–Crippen LogP) is 1.69. The summed E-state index contributed by atoms with van der Waals surface area (Å²) < 4.78 is 5.40. The van der Waals surface area contributed by atoms with Crippen LogP contribution in [0.2, 0.25) is 0 Å². The first kappa shape index (κ1) is 19.2. The Morgan fingerprint density at radius 3 is 2.44 bits per heavy atom. The van der Waals surface area contributed by atoms with Gasteiger partial charge in [-0.3, -0.25) is 9.59 Å². The minimum atomic E-state index is -0.181. The Kier molecular flexibility index (Phi) is 6.82. The Bertz CT molecular complexity index is 590. The first-order chi connectivity index (χ1) is 11.8. The van der Waals surface area contributed by atoms with Crippen LogP contribution in [-0.2, 0) is 20.9 Å². The van der Waals surface area contributed by atoms with Gasteiger partial charge >= 0.3 is 0 Å². The number of anilines is 1. The monoisotopic (exact) mass is 347 g/mol. The van der Waals surface area contributed by atoms with Gasteiger partial charge in [-0.2, -0.15) is 0 Å². The van der Waals surface area contributed by atoms with Crippen LogP contribution in [0.5, 0.6) is 0 Å². The van der Waals surface area contributed by atoms with Crippen molar-refractivity contribution in [1.29, 1.82) is 0 Å². The second kappa shape index (κ2) is 8.85. The van der Waals surface area contributed by atoms with Gasteiger partial charge in [-0.05, 0) is 17.0 Å². The molecular weight excluding hydrogens is 318 g/mol. The zero-order valence-electron chi connectivity index (χ0n) is 15.4. The molecule has 0 unspecified atom stereocenters. The van der Waals surface area contributed by atoms with Gasteiger partial charge in [0.2, 0.25) is 11.8 Å². The molecule has 138 valence electrons. The fraction of sp³-hybridized carbons (Fsp3) is 0.579. The third-order valence-electron chi connectivity index (χ3n) is 3.96. The van der Waals surface area contributed by atoms with Crippen LogP contribution in [0.1, 0.15) is 32.8 Å². The highest BCUT2D eigenvalue weighted by atomic mass is 16.5. The lowest BCUT2D eigenvalue weighted by molar-refractivity contribution is -0.127. The van der Waals surface area contributed by atoms with Crippen LogP contribution < -0.4 is 15.5 Å². The van der Waals surface area contributed by atoms with Crippen LogP contribution in [0.3, 0.4) is 0 Å². The number of ether oxygens (including phenoxy) is 1. The first-order valence-corrected chi connectivity index (χ1v) is 8.79. The minimum absolute atomic E-state index is 0.00857. The lowest BCUT2D eigenvalue weighted by atomic mass is 9.92. The Labute approximate surface area is 149 Å². The molecule has 0 bridgehead atoms. The summed E-state index contributed by atoms with van der Waals surface area (Å²) >= 11 is 0. The maximum atomic E-state index is 12.0. The Hall–Kier alpha value is -2.08. The van der Waals surface area contributed by atoms with Crippen molar-refractivity contribution in [3.63, 3.8) is 0 Å². The van der Waals surface area contributed by atoms with Crippen LogP contribution in [0.15, 0.2) is 24.3 Å². The number of benzene rings is 1. The third kappa shape index (κ3) is 6.74. The van der Waals surface area contributed by atoms with Gasteiger partial charge in [-0.15, -0.1) is 0 Å². The highest BCUT2D eigenvalue weighted by molar-refractivity contribution is 5.84. The number of nitrogens with one attached hydrogen (secondary N) is 2. The van der Waals surface area contributed by atoms with Gasteiger partial charge in [-0.25, -0.2) is 0 Å². The SMILES string of the molecule is CC(C)(C)CC(=O)NCC(=O)NCc1ccccc1N1CCOCC1. The Morgan fingerprint density at radius 2 is 1.76 bits per heavy atom. The summed E-state index contributed by atoms with van der Waals surface area (Å²) in [5, 5.41) is 5.56. The van der Waals surface area contributed by atoms with E-state index in [0.717, 1.165) is 37.6 Å². The van der Waals surface area contributed by atoms with Gasteiger partial charge in [0.25, 0.3) is 0 Å². The number of rotatable bonds is 6. The molecule has 0 spiro atoms. The van der Waals surface area contributed by atoms with Crippen molar-refractivity contribution in [2.24, 2.45) is 5.41 Å². The number of para-hydroxylation sites is 1. The minimum Gasteiger partial charge on any atom is -0.378 e. The van der Waals surface area contributed by atoms with E-state index in [0.29, 0.717) is 13.0 Å². The molecule has 1 heterocycles. The molecule has 25 heavy (non-hydrogen) atoms. The summed E-state index contributed by atoms with van der Waals surface area (Å²) in [7, 11) is 0. The molecule has 0 aliphatic carbocycles. The normalized spacial score (nSPS) is 14.9. The number of morpholine rings is 1. The Morgan fingerprint density at radius 1 is 1.08 bits per heavy atom. The summed E-state index contributed by atoms with van der Waals surface area (Å²) in [5.74, 6) is -0.282. The number of carbonyl (C=O) groups is 2. The van der Waals surface area contributed by atoms with Crippen molar-refractivity contribution in [1.82, 2.24) is 10.6 Å². The van der Waals surface area contributed by atoms with Crippen molar-refractivity contribution >= 4 is 17.5 Å². The number of hydrogen-bond donors (Lipinski definition) is 2. The van der Waals surface area contributed by atoms with Gasteiger partial charge < -0.3 is 20.3 Å². The van der Waals surface area contributed by atoms with Crippen LogP contribution in [-0.4, -0.2) is 44.7 Å². The van der Waals surface area contributed by atoms with Crippen LogP contribution in [0.25, 0.3) is 0 Å². The first-order valence-electron chi connectivity index (χ1n) is 8.79. The largest absolute Gasteiger partial charge is 0.378 e. The molecule has 1 aromatic carbocycles. The predicted molar refractivity (Wildman–Crippen MR) is 98.4 cm³/mol. The van der Waals surface area contributed by atoms with Gasteiger partial charge in [-0.1, -0.05) is 39.0 Å². The van der Waals surface area contributed by atoms with Crippen LogP contribution in [0, 0.1) is 5.41 Å². The Balaban J connectivity index is 1.82. The third-order valence-corrected chi connectivity index (χ3v) is 3.96. The lowest BCUT2D eigenvalue weighted by Gasteiger charge is -2.30. The summed E-state index contributed by atoms with van der Waals surface area (Å²) in [6.45, 7) is 9.60. The summed E-state index contributed by atoms with van der Waals surface area (Å²) in [5.41, 5.74) is 2.11. The van der Waals surface area contributed by atoms with Gasteiger partial charge in [0.05, 0.1) is 19.8 Å². The van der Waals surface area contributed by atoms with Crippen LogP contribution >= 0.6 is 0 Å². The van der Waals surface area contributed by atoms with Crippen molar-refractivity contribution in [3.05, 3.63) is 29.8 Å². The van der Waals surface area contributed by atoms with E-state index < -0.39 is 0 Å². The quantitative estimate of drug-likeness (QED) is 0.822. The number of hydrogen-bond acceptors (Lipinski definition) is 4. The second-order valence-corrected chi connectivity index (χ2v) is 7.52. The van der Waals surface area contributed by atoms with E-state index in [1.807, 2.05) is 39.0 Å². The maximum Gasteiger partial charge on any atom is 0.239 e. The molecule has 6 heteroatoms. The van der Waals surface area contributed by atoms with E-state index >= 15 is 0 Å². The fourth-order valence-corrected chi connectivity index (χ4v) is 2.75. The fourth-order valence-electron chi connectivity index (χ4n) is 2.75. The van der Waals surface area contributed by atoms with Gasteiger partial charge in [0.1, 0.15) is 0 Å². The van der Waals surface area contributed by atoms with Crippen LogP contribution in [0.4, 0.5) is 5.69 Å². The molecule has 2 N–H and O–H groups in total. The number of carbonyl (C=O) groups excluding carboxylic acids is 2. The molecular formula is C19H29N3O3. The van der Waals surface area contributed by atoms with Gasteiger partial charge in [0.15, 0.2) is 0 Å². The van der Waals surface area contributed by atoms with Crippen molar-refractivity contribution in [2.45, 2.75) is 33.7 Å². The van der Waals surface area contributed by atoms with Crippen molar-refractivity contribution in [2.75, 3.05) is 37.7 Å². The van der Waals surface area contributed by atoms with E-state index in [1.165, 1.54) is 0 Å². The molecule has 2 amide bonds. The summed E-state index contributed by atoms with van der Waals surface area (Å²) in [6, 6.07) is 8.06.